The molecule has 0 spiro atoms. The maximum Gasteiger partial charge on any atom is 0.254 e. The highest BCUT2D eigenvalue weighted by molar-refractivity contribution is 6.00. The fourth-order valence-electron chi connectivity index (χ4n) is 4.71. The molecular weight excluding hydrogens is 412 g/mol. The molecule has 1 fully saturated rings. The Morgan fingerprint density at radius 3 is 2.64 bits per heavy atom. The van der Waals surface area contributed by atoms with Gasteiger partial charge in [-0.25, -0.2) is 0 Å². The Bertz CT molecular complexity index is 1200. The largest absolute Gasteiger partial charge is 0.355 e. The number of amides is 2. The minimum Gasteiger partial charge on any atom is -0.355 e. The van der Waals surface area contributed by atoms with Crippen LogP contribution in [-0.2, 0) is 11.3 Å². The second kappa shape index (κ2) is 8.70. The first-order chi connectivity index (χ1) is 16.0. The maximum atomic E-state index is 13.0. The number of benzene rings is 2. The lowest BCUT2D eigenvalue weighted by molar-refractivity contribution is -0.130. The first-order valence-corrected chi connectivity index (χ1v) is 11.4. The number of pyridine rings is 1. The van der Waals surface area contributed by atoms with Gasteiger partial charge in [0.05, 0.1) is 0 Å². The highest BCUT2D eigenvalue weighted by atomic mass is 16.2. The third-order valence-electron chi connectivity index (χ3n) is 6.50. The zero-order chi connectivity index (χ0) is 22.9. The predicted molar refractivity (Wildman–Crippen MR) is 129 cm³/mol. The van der Waals surface area contributed by atoms with Crippen LogP contribution >= 0.6 is 0 Å². The molecule has 1 aromatic heterocycles. The van der Waals surface area contributed by atoms with Crippen LogP contribution in [-0.4, -0.2) is 46.2 Å². The van der Waals surface area contributed by atoms with Crippen molar-refractivity contribution >= 4 is 23.2 Å². The maximum absolute atomic E-state index is 13.0. The molecule has 2 aliphatic rings. The van der Waals surface area contributed by atoms with Crippen molar-refractivity contribution in [3.05, 3.63) is 88.7 Å². The standard InChI is InChI=1S/C27H28N4O2/c1-18-7-9-22(10-8-18)29-23-13-19(2)28-25(14-23)21-11-12-30(16-21)26(32)17-31-15-20-5-3-4-6-24(20)27(31)33/h3-10,13-14,21H,11-12,15-17H2,1-2H3,(H,28,29)/t21-/m1/s1. The molecule has 0 unspecified atom stereocenters. The minimum atomic E-state index is -0.0538. The van der Waals surface area contributed by atoms with Gasteiger partial charge in [-0.3, -0.25) is 14.6 Å². The molecule has 2 amide bonds. The molecule has 168 valence electrons. The SMILES string of the molecule is Cc1ccc(Nc2cc(C)nc([C@@H]3CCN(C(=O)CN4Cc5ccccc5C4=O)C3)c2)cc1. The average Bonchev–Trinajstić information content (AvgIpc) is 3.41. The smallest absolute Gasteiger partial charge is 0.254 e. The van der Waals surface area contributed by atoms with Gasteiger partial charge in [0.15, 0.2) is 0 Å². The Hall–Kier alpha value is -3.67. The van der Waals surface area contributed by atoms with Gasteiger partial charge in [-0.1, -0.05) is 35.9 Å². The summed E-state index contributed by atoms with van der Waals surface area (Å²) in [7, 11) is 0. The van der Waals surface area contributed by atoms with Gasteiger partial charge in [-0.2, -0.15) is 0 Å². The molecule has 3 aromatic rings. The number of anilines is 2. The number of aryl methyl sites for hydroxylation is 2. The van der Waals surface area contributed by atoms with Crippen molar-refractivity contribution in [1.82, 2.24) is 14.8 Å². The van der Waals surface area contributed by atoms with Crippen LogP contribution < -0.4 is 5.32 Å². The fraction of sp³-hybridized carbons (Fsp3) is 0.296. The number of rotatable bonds is 5. The molecule has 6 nitrogen and oxygen atoms in total. The molecule has 1 saturated heterocycles. The van der Waals surface area contributed by atoms with E-state index in [4.69, 9.17) is 4.98 Å². The van der Waals surface area contributed by atoms with E-state index in [-0.39, 0.29) is 24.3 Å². The normalized spacial score (nSPS) is 17.4. The Morgan fingerprint density at radius 1 is 1.06 bits per heavy atom. The van der Waals surface area contributed by atoms with Crippen LogP contribution in [0.1, 0.15) is 45.2 Å². The van der Waals surface area contributed by atoms with E-state index < -0.39 is 0 Å². The van der Waals surface area contributed by atoms with E-state index in [1.807, 2.05) is 42.2 Å². The molecule has 0 aliphatic carbocycles. The van der Waals surface area contributed by atoms with Gasteiger partial charge >= 0.3 is 0 Å². The summed E-state index contributed by atoms with van der Waals surface area (Å²) in [5, 5.41) is 3.47. The number of aromatic nitrogens is 1. The number of nitrogens with one attached hydrogen (secondary N) is 1. The van der Waals surface area contributed by atoms with Crippen molar-refractivity contribution < 1.29 is 9.59 Å². The van der Waals surface area contributed by atoms with Gasteiger partial charge in [-0.05, 0) is 56.2 Å². The zero-order valence-corrected chi connectivity index (χ0v) is 19.0. The number of carbonyl (C=O) groups excluding carboxylic acids is 2. The molecule has 0 radical (unpaired) electrons. The van der Waals surface area contributed by atoms with Gasteiger partial charge in [0.2, 0.25) is 5.91 Å². The first kappa shape index (κ1) is 21.2. The van der Waals surface area contributed by atoms with E-state index in [9.17, 15) is 9.59 Å². The highest BCUT2D eigenvalue weighted by Gasteiger charge is 2.33. The summed E-state index contributed by atoms with van der Waals surface area (Å²) < 4.78 is 0. The molecule has 2 aliphatic heterocycles. The fourth-order valence-corrected chi connectivity index (χ4v) is 4.71. The molecule has 0 bridgehead atoms. The molecule has 33 heavy (non-hydrogen) atoms. The van der Waals surface area contributed by atoms with Crippen LogP contribution in [0.4, 0.5) is 11.4 Å². The van der Waals surface area contributed by atoms with Crippen LogP contribution in [0, 0.1) is 13.8 Å². The summed E-state index contributed by atoms with van der Waals surface area (Å²) in [6.07, 6.45) is 0.875. The highest BCUT2D eigenvalue weighted by Crippen LogP contribution is 2.30. The predicted octanol–water partition coefficient (Wildman–Crippen LogP) is 4.41. The van der Waals surface area contributed by atoms with Crippen LogP contribution in [0.5, 0.6) is 0 Å². The minimum absolute atomic E-state index is 0.00399. The van der Waals surface area contributed by atoms with Crippen molar-refractivity contribution in [2.24, 2.45) is 0 Å². The molecule has 3 heterocycles. The Balaban J connectivity index is 1.23. The van der Waals surface area contributed by atoms with Gasteiger partial charge in [-0.15, -0.1) is 0 Å². The second-order valence-corrected chi connectivity index (χ2v) is 9.06. The number of hydrogen-bond donors (Lipinski definition) is 1. The van der Waals surface area contributed by atoms with Crippen LogP contribution in [0.3, 0.4) is 0 Å². The summed E-state index contributed by atoms with van der Waals surface area (Å²) in [4.78, 5) is 33.9. The van der Waals surface area contributed by atoms with Gasteiger partial charge in [0.1, 0.15) is 6.54 Å². The van der Waals surface area contributed by atoms with Gasteiger partial charge in [0.25, 0.3) is 5.91 Å². The average molecular weight is 441 g/mol. The lowest BCUT2D eigenvalue weighted by atomic mass is 10.0. The summed E-state index contributed by atoms with van der Waals surface area (Å²) in [5.74, 6) is 0.144. The van der Waals surface area contributed by atoms with Crippen LogP contribution in [0.15, 0.2) is 60.7 Å². The quantitative estimate of drug-likeness (QED) is 0.638. The molecule has 1 atom stereocenters. The van der Waals surface area contributed by atoms with E-state index in [0.717, 1.165) is 34.7 Å². The third-order valence-corrected chi connectivity index (χ3v) is 6.50. The Kier molecular flexibility index (Phi) is 5.58. The van der Waals surface area contributed by atoms with Crippen molar-refractivity contribution in [3.63, 3.8) is 0 Å². The second-order valence-electron chi connectivity index (χ2n) is 9.06. The Labute approximate surface area is 194 Å². The lowest BCUT2D eigenvalue weighted by Gasteiger charge is -2.21. The number of hydrogen-bond acceptors (Lipinski definition) is 4. The van der Waals surface area contributed by atoms with E-state index in [1.54, 1.807) is 4.90 Å². The molecular formula is C27H28N4O2. The summed E-state index contributed by atoms with van der Waals surface area (Å²) in [5.41, 5.74) is 6.93. The van der Waals surface area contributed by atoms with Crippen LogP contribution in [0.25, 0.3) is 0 Å². The first-order valence-electron chi connectivity index (χ1n) is 11.4. The summed E-state index contributed by atoms with van der Waals surface area (Å²) in [6, 6.07) is 20.0. The van der Waals surface area contributed by atoms with Crippen molar-refractivity contribution in [2.45, 2.75) is 32.7 Å². The number of likely N-dealkylation sites (tertiary alicyclic amines) is 1. The molecule has 0 saturated carbocycles. The van der Waals surface area contributed by atoms with E-state index >= 15 is 0 Å². The van der Waals surface area contributed by atoms with E-state index in [2.05, 4.69) is 42.6 Å². The van der Waals surface area contributed by atoms with Gasteiger partial charge in [0, 0.05) is 53.9 Å². The van der Waals surface area contributed by atoms with Crippen molar-refractivity contribution in [3.8, 4) is 0 Å². The van der Waals surface area contributed by atoms with Gasteiger partial charge < -0.3 is 15.1 Å². The Morgan fingerprint density at radius 2 is 1.85 bits per heavy atom. The molecule has 5 rings (SSSR count). The molecule has 1 N–H and O–H groups in total. The molecule has 6 heteroatoms. The van der Waals surface area contributed by atoms with E-state index in [1.165, 1.54) is 5.56 Å². The van der Waals surface area contributed by atoms with Crippen molar-refractivity contribution in [1.29, 1.82) is 0 Å². The number of nitrogens with zero attached hydrogens (tertiary/aromatic N) is 3. The van der Waals surface area contributed by atoms with E-state index in [0.29, 0.717) is 25.2 Å². The lowest BCUT2D eigenvalue weighted by Crippen LogP contribution is -2.39. The van der Waals surface area contributed by atoms with Crippen molar-refractivity contribution in [2.75, 3.05) is 25.0 Å². The monoisotopic (exact) mass is 440 g/mol. The third kappa shape index (κ3) is 4.46. The van der Waals surface area contributed by atoms with Crippen LogP contribution in [0.2, 0.25) is 0 Å². The summed E-state index contributed by atoms with van der Waals surface area (Å²) >= 11 is 0. The topological polar surface area (TPSA) is 65.5 Å². The summed E-state index contributed by atoms with van der Waals surface area (Å²) in [6.45, 7) is 6.03. The number of fused-ring (bicyclic) bond motifs is 1. The molecule has 2 aromatic carbocycles. The number of carbonyl (C=O) groups is 2. The zero-order valence-electron chi connectivity index (χ0n) is 19.0.